The van der Waals surface area contributed by atoms with Crippen LogP contribution < -0.4 is 4.90 Å². The fourth-order valence-electron chi connectivity index (χ4n) is 2.28. The average molecular weight is 229 g/mol. The van der Waals surface area contributed by atoms with E-state index in [-0.39, 0.29) is 6.42 Å². The highest BCUT2D eigenvalue weighted by atomic mass is 19.4. The molecule has 1 heterocycles. The van der Waals surface area contributed by atoms with Gasteiger partial charge in [-0.05, 0) is 31.4 Å². The number of para-hydroxylation sites is 1. The van der Waals surface area contributed by atoms with Crippen molar-refractivity contribution in [1.29, 1.82) is 0 Å². The Morgan fingerprint density at radius 2 is 1.94 bits per heavy atom. The van der Waals surface area contributed by atoms with E-state index in [4.69, 9.17) is 0 Å². The molecular weight excluding hydrogens is 215 g/mol. The highest BCUT2D eigenvalue weighted by Gasteiger charge is 2.46. The summed E-state index contributed by atoms with van der Waals surface area (Å²) >= 11 is 0. The molecule has 0 spiro atoms. The fourth-order valence-corrected chi connectivity index (χ4v) is 2.28. The van der Waals surface area contributed by atoms with Crippen molar-refractivity contribution >= 4 is 5.69 Å². The number of nitrogens with zero attached hydrogens (tertiary/aromatic N) is 1. The first-order valence-corrected chi connectivity index (χ1v) is 5.39. The lowest BCUT2D eigenvalue weighted by Crippen LogP contribution is -2.41. The highest BCUT2D eigenvalue weighted by molar-refractivity contribution is 5.54. The summed E-state index contributed by atoms with van der Waals surface area (Å²) in [5, 5.41) is 0. The second kappa shape index (κ2) is 4.00. The lowest BCUT2D eigenvalue weighted by Gasteiger charge is -2.29. The largest absolute Gasteiger partial charge is 0.408 e. The van der Waals surface area contributed by atoms with E-state index in [1.54, 1.807) is 12.1 Å². The van der Waals surface area contributed by atoms with E-state index in [1.807, 2.05) is 19.1 Å². The van der Waals surface area contributed by atoms with Gasteiger partial charge in [0, 0.05) is 12.2 Å². The molecule has 0 aromatic heterocycles. The molecule has 1 aliphatic heterocycles. The third-order valence-electron chi connectivity index (χ3n) is 3.06. The molecule has 1 aromatic rings. The van der Waals surface area contributed by atoms with Crippen LogP contribution in [0, 0.1) is 6.92 Å². The number of anilines is 1. The molecule has 2 rings (SSSR count). The molecule has 1 nitrogen and oxygen atoms in total. The van der Waals surface area contributed by atoms with Crippen LogP contribution >= 0.6 is 0 Å². The molecule has 16 heavy (non-hydrogen) atoms. The normalized spacial score (nSPS) is 21.5. The van der Waals surface area contributed by atoms with Crippen LogP contribution in [0.4, 0.5) is 18.9 Å². The van der Waals surface area contributed by atoms with E-state index in [0.29, 0.717) is 18.7 Å². The SMILES string of the molecule is Cc1ccccc1N1CCC[C@H]1C(F)(F)F. The van der Waals surface area contributed by atoms with E-state index in [0.717, 1.165) is 5.56 Å². The van der Waals surface area contributed by atoms with Crippen molar-refractivity contribution in [3.05, 3.63) is 29.8 Å². The fraction of sp³-hybridized carbons (Fsp3) is 0.500. The van der Waals surface area contributed by atoms with E-state index < -0.39 is 12.2 Å². The minimum Gasteiger partial charge on any atom is -0.360 e. The van der Waals surface area contributed by atoms with Gasteiger partial charge >= 0.3 is 6.18 Å². The summed E-state index contributed by atoms with van der Waals surface area (Å²) in [6.07, 6.45) is -3.31. The molecule has 1 aromatic carbocycles. The summed E-state index contributed by atoms with van der Waals surface area (Å²) < 4.78 is 38.4. The van der Waals surface area contributed by atoms with Crippen LogP contribution in [-0.2, 0) is 0 Å². The van der Waals surface area contributed by atoms with E-state index in [9.17, 15) is 13.2 Å². The lowest BCUT2D eigenvalue weighted by molar-refractivity contribution is -0.145. The monoisotopic (exact) mass is 229 g/mol. The predicted octanol–water partition coefficient (Wildman–Crippen LogP) is 3.53. The van der Waals surface area contributed by atoms with Crippen LogP contribution in [0.1, 0.15) is 18.4 Å². The van der Waals surface area contributed by atoms with Crippen molar-refractivity contribution in [3.63, 3.8) is 0 Å². The number of hydrogen-bond acceptors (Lipinski definition) is 1. The topological polar surface area (TPSA) is 3.24 Å². The quantitative estimate of drug-likeness (QED) is 0.712. The van der Waals surface area contributed by atoms with Gasteiger partial charge in [0.2, 0.25) is 0 Å². The first-order chi connectivity index (χ1) is 7.50. The van der Waals surface area contributed by atoms with Gasteiger partial charge in [0.1, 0.15) is 6.04 Å². The minimum atomic E-state index is -4.13. The van der Waals surface area contributed by atoms with Gasteiger partial charge in [0.25, 0.3) is 0 Å². The van der Waals surface area contributed by atoms with Gasteiger partial charge in [-0.1, -0.05) is 18.2 Å². The van der Waals surface area contributed by atoms with Gasteiger partial charge < -0.3 is 4.90 Å². The van der Waals surface area contributed by atoms with Crippen LogP contribution in [0.3, 0.4) is 0 Å². The van der Waals surface area contributed by atoms with Gasteiger partial charge in [-0.3, -0.25) is 0 Å². The third kappa shape index (κ3) is 2.01. The van der Waals surface area contributed by atoms with Crippen molar-refractivity contribution < 1.29 is 13.2 Å². The van der Waals surface area contributed by atoms with Crippen molar-refractivity contribution in [2.24, 2.45) is 0 Å². The van der Waals surface area contributed by atoms with Crippen molar-refractivity contribution in [1.82, 2.24) is 0 Å². The standard InChI is InChI=1S/C12H14F3N/c1-9-5-2-3-6-10(9)16-8-4-7-11(16)12(13,14)15/h2-3,5-6,11H,4,7-8H2,1H3/t11-/m0/s1. The molecule has 88 valence electrons. The van der Waals surface area contributed by atoms with Crippen molar-refractivity contribution in [2.45, 2.75) is 32.0 Å². The number of hydrogen-bond donors (Lipinski definition) is 0. The predicted molar refractivity (Wildman–Crippen MR) is 57.6 cm³/mol. The van der Waals surface area contributed by atoms with Gasteiger partial charge in [0.15, 0.2) is 0 Å². The molecular formula is C12H14F3N. The molecule has 1 atom stereocenters. The Balaban J connectivity index is 2.31. The Bertz CT molecular complexity index is 373. The highest BCUT2D eigenvalue weighted by Crippen LogP contribution is 2.36. The summed E-state index contributed by atoms with van der Waals surface area (Å²) in [4.78, 5) is 1.48. The maximum atomic E-state index is 12.8. The molecule has 0 bridgehead atoms. The zero-order chi connectivity index (χ0) is 11.8. The molecule has 1 fully saturated rings. The summed E-state index contributed by atoms with van der Waals surface area (Å²) in [6.45, 7) is 2.34. The van der Waals surface area contributed by atoms with E-state index in [1.165, 1.54) is 4.90 Å². The van der Waals surface area contributed by atoms with Crippen LogP contribution in [-0.4, -0.2) is 18.8 Å². The van der Waals surface area contributed by atoms with Gasteiger partial charge in [-0.25, -0.2) is 0 Å². The maximum absolute atomic E-state index is 12.8. The van der Waals surface area contributed by atoms with Gasteiger partial charge in [-0.2, -0.15) is 13.2 Å². The molecule has 0 aliphatic carbocycles. The Kier molecular flexibility index (Phi) is 2.82. The summed E-state index contributed by atoms with van der Waals surface area (Å²) in [6, 6.07) is 5.93. The molecule has 4 heteroatoms. The lowest BCUT2D eigenvalue weighted by atomic mass is 10.1. The Morgan fingerprint density at radius 1 is 1.25 bits per heavy atom. The number of rotatable bonds is 1. The molecule has 0 amide bonds. The molecule has 1 aliphatic rings. The molecule has 1 saturated heterocycles. The Labute approximate surface area is 92.9 Å². The third-order valence-corrected chi connectivity index (χ3v) is 3.06. The second-order valence-corrected chi connectivity index (χ2v) is 4.18. The second-order valence-electron chi connectivity index (χ2n) is 4.18. The van der Waals surface area contributed by atoms with Crippen molar-refractivity contribution in [2.75, 3.05) is 11.4 Å². The number of aryl methyl sites for hydroxylation is 1. The van der Waals surface area contributed by atoms with Crippen LogP contribution in [0.25, 0.3) is 0 Å². The number of benzene rings is 1. The zero-order valence-electron chi connectivity index (χ0n) is 9.09. The van der Waals surface area contributed by atoms with Crippen LogP contribution in [0.15, 0.2) is 24.3 Å². The van der Waals surface area contributed by atoms with Gasteiger partial charge in [0.05, 0.1) is 0 Å². The summed E-state index contributed by atoms with van der Waals surface area (Å²) in [5.74, 6) is 0. The Morgan fingerprint density at radius 3 is 2.56 bits per heavy atom. The van der Waals surface area contributed by atoms with Crippen molar-refractivity contribution in [3.8, 4) is 0 Å². The maximum Gasteiger partial charge on any atom is 0.408 e. The average Bonchev–Trinajstić information content (AvgIpc) is 2.66. The van der Waals surface area contributed by atoms with Crippen LogP contribution in [0.5, 0.6) is 0 Å². The molecule has 0 saturated carbocycles. The van der Waals surface area contributed by atoms with E-state index >= 15 is 0 Å². The van der Waals surface area contributed by atoms with Crippen LogP contribution in [0.2, 0.25) is 0 Å². The Hall–Kier alpha value is -1.19. The van der Waals surface area contributed by atoms with Gasteiger partial charge in [-0.15, -0.1) is 0 Å². The first kappa shape index (κ1) is 11.3. The number of halogens is 3. The number of alkyl halides is 3. The first-order valence-electron chi connectivity index (χ1n) is 5.39. The molecule has 0 unspecified atom stereocenters. The van der Waals surface area contributed by atoms with E-state index in [2.05, 4.69) is 0 Å². The molecule has 0 N–H and O–H groups in total. The smallest absolute Gasteiger partial charge is 0.360 e. The molecule has 0 radical (unpaired) electrons. The summed E-state index contributed by atoms with van der Waals surface area (Å²) in [5.41, 5.74) is 1.61. The minimum absolute atomic E-state index is 0.206. The zero-order valence-corrected chi connectivity index (χ0v) is 9.09. The summed E-state index contributed by atoms with van der Waals surface area (Å²) in [7, 11) is 0.